The van der Waals surface area contributed by atoms with Crippen molar-refractivity contribution < 1.29 is 4.74 Å². The Hall–Kier alpha value is -3.60. The Morgan fingerprint density at radius 1 is 0.926 bits per heavy atom. The van der Waals surface area contributed by atoms with E-state index in [9.17, 15) is 4.79 Å². The smallest absolute Gasteiger partial charge is 0.266 e. The molecule has 0 fully saturated rings. The van der Waals surface area contributed by atoms with E-state index in [4.69, 9.17) is 9.72 Å². The van der Waals surface area contributed by atoms with Crippen molar-refractivity contribution in [3.63, 3.8) is 0 Å². The highest BCUT2D eigenvalue weighted by Crippen LogP contribution is 2.18. The lowest BCUT2D eigenvalue weighted by molar-refractivity contribution is 0.414. The first-order valence-electron chi connectivity index (χ1n) is 8.70. The molecule has 4 aromatic rings. The summed E-state index contributed by atoms with van der Waals surface area (Å²) >= 11 is 0. The minimum absolute atomic E-state index is 0.0874. The van der Waals surface area contributed by atoms with Crippen LogP contribution in [0.15, 0.2) is 83.7 Å². The molecule has 3 aromatic carbocycles. The average Bonchev–Trinajstić information content (AvgIpc) is 2.73. The summed E-state index contributed by atoms with van der Waals surface area (Å²) in [6, 6.07) is 24.7. The first-order chi connectivity index (χ1) is 13.3. The van der Waals surface area contributed by atoms with E-state index in [0.717, 1.165) is 17.1 Å². The highest BCUT2D eigenvalue weighted by Gasteiger charge is 2.12. The van der Waals surface area contributed by atoms with Crippen LogP contribution in [0.1, 0.15) is 5.82 Å². The first kappa shape index (κ1) is 16.8. The molecule has 0 aliphatic heterocycles. The molecular weight excluding hydrogens is 338 g/mol. The van der Waals surface area contributed by atoms with Gasteiger partial charge < -0.3 is 10.1 Å². The number of para-hydroxylation sites is 2. The van der Waals surface area contributed by atoms with Gasteiger partial charge in [0.15, 0.2) is 0 Å². The zero-order valence-electron chi connectivity index (χ0n) is 14.9. The van der Waals surface area contributed by atoms with Gasteiger partial charge in [0, 0.05) is 5.69 Å². The molecule has 1 heterocycles. The first-order valence-corrected chi connectivity index (χ1v) is 8.70. The Balaban J connectivity index is 1.83. The highest BCUT2D eigenvalue weighted by molar-refractivity contribution is 5.77. The number of nitrogens with one attached hydrogen (secondary N) is 1. The Bertz CT molecular complexity index is 1120. The fourth-order valence-corrected chi connectivity index (χ4v) is 3.03. The number of anilines is 1. The molecule has 5 nitrogen and oxygen atoms in total. The minimum atomic E-state index is -0.0874. The van der Waals surface area contributed by atoms with E-state index in [1.165, 1.54) is 0 Å². The quantitative estimate of drug-likeness (QED) is 0.586. The number of benzene rings is 3. The molecular formula is C22H19N3O2. The Morgan fingerprint density at radius 3 is 2.37 bits per heavy atom. The van der Waals surface area contributed by atoms with Crippen molar-refractivity contribution in [3.05, 3.63) is 95.0 Å². The van der Waals surface area contributed by atoms with Gasteiger partial charge in [0.2, 0.25) is 0 Å². The lowest BCUT2D eigenvalue weighted by atomic mass is 10.2. The summed E-state index contributed by atoms with van der Waals surface area (Å²) in [6.07, 6.45) is 0. The molecule has 0 atom stereocenters. The summed E-state index contributed by atoms with van der Waals surface area (Å²) in [7, 11) is 1.62. The molecule has 134 valence electrons. The van der Waals surface area contributed by atoms with Crippen LogP contribution < -0.4 is 15.6 Å². The standard InChI is InChI=1S/C22H19N3O2/c1-27-18-13-11-17(12-14-18)25-21(15-23-16-7-3-2-4-8-16)24-20-10-6-5-9-19(20)22(25)26/h2-14,23H,15H2,1H3. The summed E-state index contributed by atoms with van der Waals surface area (Å²) in [4.78, 5) is 17.9. The van der Waals surface area contributed by atoms with Crippen LogP contribution in [0.4, 0.5) is 5.69 Å². The van der Waals surface area contributed by atoms with Crippen molar-refractivity contribution in [1.82, 2.24) is 9.55 Å². The summed E-state index contributed by atoms with van der Waals surface area (Å²) in [6.45, 7) is 0.427. The average molecular weight is 357 g/mol. The minimum Gasteiger partial charge on any atom is -0.497 e. The van der Waals surface area contributed by atoms with Crippen LogP contribution in [0.5, 0.6) is 5.75 Å². The van der Waals surface area contributed by atoms with Gasteiger partial charge in [-0.15, -0.1) is 0 Å². The molecule has 1 aromatic heterocycles. The Morgan fingerprint density at radius 2 is 1.63 bits per heavy atom. The maximum absolute atomic E-state index is 13.2. The van der Waals surface area contributed by atoms with Crippen LogP contribution in [0.2, 0.25) is 0 Å². The molecule has 0 radical (unpaired) electrons. The van der Waals surface area contributed by atoms with Gasteiger partial charge in [-0.1, -0.05) is 30.3 Å². The third-order valence-electron chi connectivity index (χ3n) is 4.40. The third kappa shape index (κ3) is 3.40. The zero-order valence-corrected chi connectivity index (χ0v) is 14.9. The predicted molar refractivity (Wildman–Crippen MR) is 108 cm³/mol. The maximum Gasteiger partial charge on any atom is 0.266 e. The van der Waals surface area contributed by atoms with E-state index in [1.54, 1.807) is 17.7 Å². The number of ether oxygens (including phenoxy) is 1. The number of rotatable bonds is 5. The van der Waals surface area contributed by atoms with E-state index in [2.05, 4.69) is 5.32 Å². The summed E-state index contributed by atoms with van der Waals surface area (Å²) < 4.78 is 6.88. The van der Waals surface area contributed by atoms with Crippen LogP contribution >= 0.6 is 0 Å². The second-order valence-corrected chi connectivity index (χ2v) is 6.10. The number of hydrogen-bond donors (Lipinski definition) is 1. The van der Waals surface area contributed by atoms with Crippen LogP contribution in [-0.4, -0.2) is 16.7 Å². The third-order valence-corrected chi connectivity index (χ3v) is 4.40. The molecule has 1 N–H and O–H groups in total. The maximum atomic E-state index is 13.2. The molecule has 0 unspecified atom stereocenters. The van der Waals surface area contributed by atoms with Gasteiger partial charge in [-0.2, -0.15) is 0 Å². The monoisotopic (exact) mass is 357 g/mol. The molecule has 27 heavy (non-hydrogen) atoms. The van der Waals surface area contributed by atoms with Crippen molar-refractivity contribution in [2.45, 2.75) is 6.54 Å². The summed E-state index contributed by atoms with van der Waals surface area (Å²) in [5, 5.41) is 3.93. The normalized spacial score (nSPS) is 10.7. The molecule has 0 aliphatic carbocycles. The number of methoxy groups -OCH3 is 1. The highest BCUT2D eigenvalue weighted by atomic mass is 16.5. The fourth-order valence-electron chi connectivity index (χ4n) is 3.03. The number of nitrogens with zero attached hydrogens (tertiary/aromatic N) is 2. The lowest BCUT2D eigenvalue weighted by Gasteiger charge is -2.15. The molecule has 0 spiro atoms. The van der Waals surface area contributed by atoms with Crippen molar-refractivity contribution in [1.29, 1.82) is 0 Å². The number of hydrogen-bond acceptors (Lipinski definition) is 4. The molecule has 0 aliphatic rings. The topological polar surface area (TPSA) is 56.1 Å². The van der Waals surface area contributed by atoms with E-state index in [0.29, 0.717) is 23.3 Å². The second kappa shape index (κ2) is 7.33. The molecule has 0 amide bonds. The summed E-state index contributed by atoms with van der Waals surface area (Å²) in [5.41, 5.74) is 2.33. The van der Waals surface area contributed by atoms with E-state index >= 15 is 0 Å². The number of aromatic nitrogens is 2. The molecule has 4 rings (SSSR count). The van der Waals surface area contributed by atoms with Gasteiger partial charge in [0.1, 0.15) is 11.6 Å². The van der Waals surface area contributed by atoms with Crippen LogP contribution in [0.25, 0.3) is 16.6 Å². The van der Waals surface area contributed by atoms with Gasteiger partial charge in [0.25, 0.3) is 5.56 Å². The van der Waals surface area contributed by atoms with E-state index in [1.807, 2.05) is 72.8 Å². The van der Waals surface area contributed by atoms with Crippen molar-refractivity contribution >= 4 is 16.6 Å². The molecule has 5 heteroatoms. The van der Waals surface area contributed by atoms with Crippen LogP contribution in [-0.2, 0) is 6.54 Å². The van der Waals surface area contributed by atoms with E-state index < -0.39 is 0 Å². The van der Waals surface area contributed by atoms with Gasteiger partial charge in [-0.25, -0.2) is 4.98 Å². The fraction of sp³-hybridized carbons (Fsp3) is 0.0909. The predicted octanol–water partition coefficient (Wildman–Crippen LogP) is 4.01. The molecule has 0 bridgehead atoms. The SMILES string of the molecule is COc1ccc(-n2c(CNc3ccccc3)nc3ccccc3c2=O)cc1. The Kier molecular flexibility index (Phi) is 4.58. The second-order valence-electron chi connectivity index (χ2n) is 6.10. The number of fused-ring (bicyclic) bond motifs is 1. The van der Waals surface area contributed by atoms with Gasteiger partial charge in [0.05, 0.1) is 30.2 Å². The summed E-state index contributed by atoms with van der Waals surface area (Å²) in [5.74, 6) is 1.39. The van der Waals surface area contributed by atoms with Crippen LogP contribution in [0, 0.1) is 0 Å². The zero-order chi connectivity index (χ0) is 18.6. The lowest BCUT2D eigenvalue weighted by Crippen LogP contribution is -2.25. The van der Waals surface area contributed by atoms with Gasteiger partial charge in [-0.3, -0.25) is 9.36 Å². The van der Waals surface area contributed by atoms with E-state index in [-0.39, 0.29) is 5.56 Å². The molecule has 0 saturated heterocycles. The van der Waals surface area contributed by atoms with Crippen molar-refractivity contribution in [2.24, 2.45) is 0 Å². The van der Waals surface area contributed by atoms with Crippen molar-refractivity contribution in [3.8, 4) is 11.4 Å². The van der Waals surface area contributed by atoms with Gasteiger partial charge in [-0.05, 0) is 48.5 Å². The molecule has 0 saturated carbocycles. The Labute approximate surface area is 156 Å². The van der Waals surface area contributed by atoms with Crippen LogP contribution in [0.3, 0.4) is 0 Å². The van der Waals surface area contributed by atoms with Gasteiger partial charge >= 0.3 is 0 Å². The van der Waals surface area contributed by atoms with Crippen molar-refractivity contribution in [2.75, 3.05) is 12.4 Å². The largest absolute Gasteiger partial charge is 0.497 e.